The smallest absolute Gasteiger partial charge is 0.277 e. The third kappa shape index (κ3) is 5.12. The van der Waals surface area contributed by atoms with Crippen LogP contribution in [0.5, 0.6) is 17.2 Å². The maximum absolute atomic E-state index is 12.2. The van der Waals surface area contributed by atoms with E-state index in [0.29, 0.717) is 23.0 Å². The standard InChI is InChI=1S/C22H20Br2N2O4/c1-13(17-8-6-16(28-2)11-20(17)29-3)25-26-21(27)12-30-19-9-4-14-10-15(23)5-7-18(14)22(19)24/h4-11H,12H2,1-3H3,(H,26,27). The van der Waals surface area contributed by atoms with E-state index in [-0.39, 0.29) is 12.5 Å². The van der Waals surface area contributed by atoms with Crippen molar-refractivity contribution in [2.75, 3.05) is 20.8 Å². The van der Waals surface area contributed by atoms with Gasteiger partial charge in [0.05, 0.1) is 24.4 Å². The zero-order valence-corrected chi connectivity index (χ0v) is 19.8. The van der Waals surface area contributed by atoms with Crippen LogP contribution in [0.25, 0.3) is 10.8 Å². The zero-order valence-electron chi connectivity index (χ0n) is 16.7. The monoisotopic (exact) mass is 534 g/mol. The molecule has 0 bridgehead atoms. The Bertz CT molecular complexity index is 1120. The fourth-order valence-corrected chi connectivity index (χ4v) is 3.82. The Kier molecular flexibility index (Phi) is 7.33. The van der Waals surface area contributed by atoms with Crippen molar-refractivity contribution >= 4 is 54.3 Å². The van der Waals surface area contributed by atoms with E-state index in [1.165, 1.54) is 0 Å². The van der Waals surface area contributed by atoms with Gasteiger partial charge >= 0.3 is 0 Å². The van der Waals surface area contributed by atoms with Crippen LogP contribution in [0.2, 0.25) is 0 Å². The van der Waals surface area contributed by atoms with Crippen LogP contribution < -0.4 is 19.6 Å². The largest absolute Gasteiger partial charge is 0.497 e. The number of amides is 1. The van der Waals surface area contributed by atoms with Gasteiger partial charge in [-0.15, -0.1) is 0 Å². The number of nitrogens with zero attached hydrogens (tertiary/aromatic N) is 1. The van der Waals surface area contributed by atoms with Gasteiger partial charge in [-0.25, -0.2) is 5.43 Å². The molecule has 0 saturated carbocycles. The van der Waals surface area contributed by atoms with E-state index in [1.54, 1.807) is 33.3 Å². The van der Waals surface area contributed by atoms with Crippen molar-refractivity contribution in [2.45, 2.75) is 6.92 Å². The molecule has 1 N–H and O–H groups in total. The van der Waals surface area contributed by atoms with Gasteiger partial charge in [0.25, 0.3) is 5.91 Å². The third-order valence-electron chi connectivity index (χ3n) is 4.39. The molecule has 3 rings (SSSR count). The van der Waals surface area contributed by atoms with E-state index < -0.39 is 0 Å². The van der Waals surface area contributed by atoms with Crippen molar-refractivity contribution in [3.8, 4) is 17.2 Å². The quantitative estimate of drug-likeness (QED) is 0.329. The van der Waals surface area contributed by atoms with E-state index in [9.17, 15) is 4.79 Å². The summed E-state index contributed by atoms with van der Waals surface area (Å²) in [5.41, 5.74) is 3.86. The minimum absolute atomic E-state index is 0.169. The molecule has 3 aromatic rings. The molecule has 0 heterocycles. The van der Waals surface area contributed by atoms with E-state index in [1.807, 2.05) is 36.4 Å². The van der Waals surface area contributed by atoms with Crippen LogP contribution in [0.3, 0.4) is 0 Å². The second kappa shape index (κ2) is 9.95. The third-order valence-corrected chi connectivity index (χ3v) is 5.70. The molecule has 0 aliphatic carbocycles. The van der Waals surface area contributed by atoms with E-state index in [2.05, 4.69) is 42.4 Å². The molecule has 0 atom stereocenters. The molecule has 0 spiro atoms. The van der Waals surface area contributed by atoms with Crippen LogP contribution in [-0.2, 0) is 4.79 Å². The molecule has 0 aliphatic heterocycles. The number of halogens is 2. The lowest BCUT2D eigenvalue weighted by Gasteiger charge is -2.11. The predicted octanol–water partition coefficient (Wildman–Crippen LogP) is 5.30. The highest BCUT2D eigenvalue weighted by Crippen LogP contribution is 2.34. The Hall–Kier alpha value is -2.58. The van der Waals surface area contributed by atoms with Crippen LogP contribution in [0.15, 0.2) is 62.6 Å². The molecule has 0 fully saturated rings. The highest BCUT2D eigenvalue weighted by molar-refractivity contribution is 9.11. The summed E-state index contributed by atoms with van der Waals surface area (Å²) in [6.45, 7) is 1.61. The molecule has 0 aliphatic rings. The first-order valence-corrected chi connectivity index (χ1v) is 10.6. The van der Waals surface area contributed by atoms with E-state index in [4.69, 9.17) is 14.2 Å². The molecule has 156 valence electrons. The number of hydrazone groups is 1. The van der Waals surface area contributed by atoms with Gasteiger partial charge in [-0.3, -0.25) is 4.79 Å². The number of methoxy groups -OCH3 is 2. The summed E-state index contributed by atoms with van der Waals surface area (Å²) in [5, 5.41) is 6.21. The summed E-state index contributed by atoms with van der Waals surface area (Å²) in [6, 6.07) is 15.1. The molecule has 8 heteroatoms. The fourth-order valence-electron chi connectivity index (χ4n) is 2.83. The summed E-state index contributed by atoms with van der Waals surface area (Å²) in [6.07, 6.45) is 0. The number of rotatable bonds is 7. The maximum Gasteiger partial charge on any atom is 0.277 e. The Balaban J connectivity index is 1.66. The van der Waals surface area contributed by atoms with Crippen molar-refractivity contribution in [3.63, 3.8) is 0 Å². The Morgan fingerprint density at radius 2 is 1.80 bits per heavy atom. The average molecular weight is 536 g/mol. The van der Waals surface area contributed by atoms with Crippen LogP contribution >= 0.6 is 31.9 Å². The van der Waals surface area contributed by atoms with Gasteiger partial charge in [-0.1, -0.05) is 28.1 Å². The zero-order chi connectivity index (χ0) is 21.7. The number of carbonyl (C=O) groups excluding carboxylic acids is 1. The Labute approximate surface area is 191 Å². The van der Waals surface area contributed by atoms with Gasteiger partial charge in [0, 0.05) is 16.1 Å². The van der Waals surface area contributed by atoms with Gasteiger partial charge < -0.3 is 14.2 Å². The minimum atomic E-state index is -0.371. The lowest BCUT2D eigenvalue weighted by Crippen LogP contribution is -2.25. The topological polar surface area (TPSA) is 69.2 Å². The van der Waals surface area contributed by atoms with E-state index >= 15 is 0 Å². The molecule has 6 nitrogen and oxygen atoms in total. The average Bonchev–Trinajstić information content (AvgIpc) is 2.76. The molecule has 30 heavy (non-hydrogen) atoms. The van der Waals surface area contributed by atoms with Gasteiger partial charge in [-0.2, -0.15) is 5.10 Å². The number of hydrogen-bond donors (Lipinski definition) is 1. The van der Waals surface area contributed by atoms with Crippen molar-refractivity contribution in [1.82, 2.24) is 5.43 Å². The molecule has 1 amide bonds. The van der Waals surface area contributed by atoms with Gasteiger partial charge in [0.2, 0.25) is 0 Å². The van der Waals surface area contributed by atoms with Crippen LogP contribution in [-0.4, -0.2) is 32.4 Å². The summed E-state index contributed by atoms with van der Waals surface area (Å²) in [4.78, 5) is 12.2. The molecule has 0 radical (unpaired) electrons. The van der Waals surface area contributed by atoms with Crippen molar-refractivity contribution in [1.29, 1.82) is 0 Å². The summed E-state index contributed by atoms with van der Waals surface area (Å²) in [7, 11) is 3.15. The highest BCUT2D eigenvalue weighted by Gasteiger charge is 2.11. The first-order valence-electron chi connectivity index (χ1n) is 8.99. The summed E-state index contributed by atoms with van der Waals surface area (Å²) < 4.78 is 18.0. The highest BCUT2D eigenvalue weighted by atomic mass is 79.9. The SMILES string of the molecule is COc1ccc(C(C)=NNC(=O)COc2ccc3cc(Br)ccc3c2Br)c(OC)c1. The van der Waals surface area contributed by atoms with Gasteiger partial charge in [0.15, 0.2) is 6.61 Å². The lowest BCUT2D eigenvalue weighted by molar-refractivity contribution is -0.123. The van der Waals surface area contributed by atoms with Gasteiger partial charge in [-0.05, 0) is 64.0 Å². The lowest BCUT2D eigenvalue weighted by atomic mass is 10.1. The van der Waals surface area contributed by atoms with Crippen LogP contribution in [0.4, 0.5) is 0 Å². The summed E-state index contributed by atoms with van der Waals surface area (Å²) >= 11 is 7.01. The van der Waals surface area contributed by atoms with Crippen molar-refractivity contribution in [2.24, 2.45) is 5.10 Å². The van der Waals surface area contributed by atoms with Crippen LogP contribution in [0, 0.1) is 0 Å². The normalized spacial score (nSPS) is 11.3. The van der Waals surface area contributed by atoms with E-state index in [0.717, 1.165) is 25.3 Å². The molecule has 0 saturated heterocycles. The van der Waals surface area contributed by atoms with Crippen molar-refractivity contribution < 1.29 is 19.0 Å². The van der Waals surface area contributed by atoms with Gasteiger partial charge in [0.1, 0.15) is 17.2 Å². The first-order chi connectivity index (χ1) is 14.4. The minimum Gasteiger partial charge on any atom is -0.497 e. The maximum atomic E-state index is 12.2. The number of nitrogens with one attached hydrogen (secondary N) is 1. The second-order valence-corrected chi connectivity index (χ2v) is 8.04. The fraction of sp³-hybridized carbons (Fsp3) is 0.182. The number of fused-ring (bicyclic) bond motifs is 1. The molecule has 0 aromatic heterocycles. The molecule has 3 aromatic carbocycles. The first kappa shape index (κ1) is 22.1. The number of carbonyl (C=O) groups is 1. The number of hydrogen-bond acceptors (Lipinski definition) is 5. The second-order valence-electron chi connectivity index (χ2n) is 6.33. The van der Waals surface area contributed by atoms with Crippen LogP contribution in [0.1, 0.15) is 12.5 Å². The predicted molar refractivity (Wildman–Crippen MR) is 125 cm³/mol. The summed E-state index contributed by atoms with van der Waals surface area (Å²) in [5.74, 6) is 1.49. The number of ether oxygens (including phenoxy) is 3. The Morgan fingerprint density at radius 1 is 1.00 bits per heavy atom. The Morgan fingerprint density at radius 3 is 2.53 bits per heavy atom. The molecular weight excluding hydrogens is 516 g/mol. The molecule has 0 unspecified atom stereocenters. The number of benzene rings is 3. The van der Waals surface area contributed by atoms with Crippen molar-refractivity contribution in [3.05, 3.63) is 63.0 Å². The molecular formula is C22H20Br2N2O4.